The van der Waals surface area contributed by atoms with Gasteiger partial charge in [-0.3, -0.25) is 0 Å². The van der Waals surface area contributed by atoms with Crippen LogP contribution in [-0.2, 0) is 58.2 Å². The highest BCUT2D eigenvalue weighted by molar-refractivity contribution is 6.31. The maximum atomic E-state index is 12.8. The lowest BCUT2D eigenvalue weighted by Crippen LogP contribution is -2.60. The molecule has 0 heterocycles. The first-order valence-electron chi connectivity index (χ1n) is 19.7. The van der Waals surface area contributed by atoms with E-state index in [9.17, 15) is 5.11 Å². The van der Waals surface area contributed by atoms with Crippen molar-refractivity contribution in [2.75, 3.05) is 6.61 Å². The monoisotopic (exact) mass is 766 g/mol. The van der Waals surface area contributed by atoms with E-state index >= 15 is 0 Å². The molecule has 0 aliphatic heterocycles. The minimum Gasteiger partial charge on any atom is -0.392 e. The summed E-state index contributed by atoms with van der Waals surface area (Å²) in [5, 5.41) is 13.5. The first kappa shape index (κ1) is 39.6. The summed E-state index contributed by atoms with van der Waals surface area (Å²) in [5.41, 5.74) is 8.56. The highest BCUT2D eigenvalue weighted by Crippen LogP contribution is 2.44. The van der Waals surface area contributed by atoms with E-state index in [0.29, 0.717) is 37.9 Å². The summed E-state index contributed by atoms with van der Waals surface area (Å²) in [6.45, 7) is 3.86. The van der Waals surface area contributed by atoms with Crippen LogP contribution in [0.2, 0.25) is 5.02 Å². The molecule has 0 unspecified atom stereocenters. The average Bonchev–Trinajstić information content (AvgIpc) is 3.25. The molecule has 0 saturated heterocycles. The highest BCUT2D eigenvalue weighted by atomic mass is 35.5. The van der Waals surface area contributed by atoms with Crippen LogP contribution >= 0.6 is 11.6 Å². The molecule has 0 spiro atoms. The number of aryl methyl sites for hydroxylation is 1. The fraction of sp³-hybridized carbons (Fsp3) is 0.280. The largest absolute Gasteiger partial charge is 0.392 e. The third-order valence-corrected chi connectivity index (χ3v) is 11.2. The molecule has 1 fully saturated rings. The fourth-order valence-corrected chi connectivity index (χ4v) is 7.90. The van der Waals surface area contributed by atoms with Gasteiger partial charge in [0.1, 0.15) is 6.10 Å². The molecular formula is C50H51ClO5. The summed E-state index contributed by atoms with van der Waals surface area (Å²) >= 11 is 6.92. The number of hydrogen-bond acceptors (Lipinski definition) is 5. The Morgan fingerprint density at radius 2 is 0.964 bits per heavy atom. The van der Waals surface area contributed by atoms with E-state index in [0.717, 1.165) is 39.8 Å². The van der Waals surface area contributed by atoms with Crippen LogP contribution in [0.1, 0.15) is 57.3 Å². The van der Waals surface area contributed by atoms with Gasteiger partial charge in [-0.2, -0.15) is 0 Å². The molecular weight excluding hydrogens is 716 g/mol. The summed E-state index contributed by atoms with van der Waals surface area (Å²) < 4.78 is 27.3. The molecule has 5 nitrogen and oxygen atoms in total. The topological polar surface area (TPSA) is 57.2 Å². The Hall–Kier alpha value is -4.59. The van der Waals surface area contributed by atoms with E-state index in [2.05, 4.69) is 73.7 Å². The standard InChI is InChI=1S/C50H51ClO5/c1-2-36-23-25-37(26-24-36)29-43-30-42(27-28-45(43)51)46-47(52)44(35-53-31-38-15-7-3-8-16-38)48(54-32-39-17-9-4-10-18-39)50(56-34-41-21-13-6-14-22-41)49(46)55-33-40-19-11-5-12-20-40/h3-28,30,44,46-50,52H,2,29,31-35H2,1H3/t44-,46+,47-,48+,49-,50-/m0/s1. The molecule has 6 aromatic rings. The van der Waals surface area contributed by atoms with Gasteiger partial charge in [0.05, 0.1) is 51.3 Å². The van der Waals surface area contributed by atoms with Crippen molar-refractivity contribution in [1.82, 2.24) is 0 Å². The molecule has 1 aliphatic carbocycles. The molecule has 6 atom stereocenters. The fourth-order valence-electron chi connectivity index (χ4n) is 7.71. The van der Waals surface area contributed by atoms with Crippen molar-refractivity contribution in [3.05, 3.63) is 213 Å². The van der Waals surface area contributed by atoms with Crippen molar-refractivity contribution in [2.24, 2.45) is 5.92 Å². The predicted molar refractivity (Wildman–Crippen MR) is 223 cm³/mol. The Kier molecular flexibility index (Phi) is 14.2. The number of hydrogen-bond donors (Lipinski definition) is 1. The number of rotatable bonds is 17. The number of benzene rings is 6. The minimum atomic E-state index is -0.901. The first-order chi connectivity index (χ1) is 27.6. The zero-order valence-electron chi connectivity index (χ0n) is 32.0. The van der Waals surface area contributed by atoms with Gasteiger partial charge in [0.2, 0.25) is 0 Å². The second-order valence-corrected chi connectivity index (χ2v) is 15.1. The van der Waals surface area contributed by atoms with Crippen molar-refractivity contribution in [1.29, 1.82) is 0 Å². The molecule has 1 saturated carbocycles. The van der Waals surface area contributed by atoms with Crippen molar-refractivity contribution >= 4 is 11.6 Å². The van der Waals surface area contributed by atoms with Crippen LogP contribution in [0.3, 0.4) is 0 Å². The van der Waals surface area contributed by atoms with Crippen molar-refractivity contribution < 1.29 is 24.1 Å². The molecule has 0 amide bonds. The van der Waals surface area contributed by atoms with Crippen molar-refractivity contribution in [3.63, 3.8) is 0 Å². The third kappa shape index (κ3) is 10.4. The van der Waals surface area contributed by atoms with Gasteiger partial charge in [0, 0.05) is 16.9 Å². The molecule has 7 rings (SSSR count). The summed E-state index contributed by atoms with van der Waals surface area (Å²) in [6, 6.07) is 55.4. The maximum absolute atomic E-state index is 12.8. The van der Waals surface area contributed by atoms with E-state index in [-0.39, 0.29) is 6.61 Å². The van der Waals surface area contributed by atoms with Crippen molar-refractivity contribution in [2.45, 2.75) is 76.5 Å². The molecule has 0 radical (unpaired) electrons. The van der Waals surface area contributed by atoms with Gasteiger partial charge in [-0.1, -0.05) is 176 Å². The predicted octanol–water partition coefficient (Wildman–Crippen LogP) is 10.5. The minimum absolute atomic E-state index is 0.257. The quantitative estimate of drug-likeness (QED) is 0.100. The van der Waals surface area contributed by atoms with Crippen LogP contribution in [0.5, 0.6) is 0 Å². The molecule has 6 aromatic carbocycles. The highest BCUT2D eigenvalue weighted by Gasteiger charge is 2.53. The van der Waals surface area contributed by atoms with E-state index in [1.54, 1.807) is 0 Å². The molecule has 0 bridgehead atoms. The lowest BCUT2D eigenvalue weighted by atomic mass is 9.70. The number of aliphatic hydroxyl groups excluding tert-OH is 1. The van der Waals surface area contributed by atoms with E-state index in [4.69, 9.17) is 30.5 Å². The Bertz CT molecular complexity index is 2040. The van der Waals surface area contributed by atoms with Crippen LogP contribution in [0, 0.1) is 5.92 Å². The smallest absolute Gasteiger partial charge is 0.111 e. The zero-order chi connectivity index (χ0) is 38.5. The Labute approximate surface area is 336 Å². The molecule has 56 heavy (non-hydrogen) atoms. The normalized spacial score (nSPS) is 20.8. The summed E-state index contributed by atoms with van der Waals surface area (Å²) in [4.78, 5) is 0. The van der Waals surface area contributed by atoms with Crippen molar-refractivity contribution in [3.8, 4) is 0 Å². The Morgan fingerprint density at radius 3 is 1.48 bits per heavy atom. The van der Waals surface area contributed by atoms with Gasteiger partial charge in [-0.25, -0.2) is 0 Å². The molecule has 288 valence electrons. The number of aliphatic hydroxyl groups is 1. The number of ether oxygens (including phenoxy) is 4. The Morgan fingerprint density at radius 1 is 0.500 bits per heavy atom. The van der Waals surface area contributed by atoms with Gasteiger partial charge < -0.3 is 24.1 Å². The van der Waals surface area contributed by atoms with E-state index in [1.165, 1.54) is 11.1 Å². The lowest BCUT2D eigenvalue weighted by Gasteiger charge is -2.49. The van der Waals surface area contributed by atoms with E-state index < -0.39 is 36.3 Å². The second kappa shape index (κ2) is 20.0. The van der Waals surface area contributed by atoms with E-state index in [1.807, 2.05) is 97.1 Å². The van der Waals surface area contributed by atoms with Gasteiger partial charge in [0.15, 0.2) is 0 Å². The van der Waals surface area contributed by atoms with Gasteiger partial charge in [-0.15, -0.1) is 0 Å². The van der Waals surface area contributed by atoms with Gasteiger partial charge in [-0.05, 0) is 63.4 Å². The molecule has 1 aliphatic rings. The zero-order valence-corrected chi connectivity index (χ0v) is 32.7. The van der Waals surface area contributed by atoms with Gasteiger partial charge >= 0.3 is 0 Å². The molecule has 6 heteroatoms. The van der Waals surface area contributed by atoms with Crippen LogP contribution in [0.25, 0.3) is 0 Å². The lowest BCUT2D eigenvalue weighted by molar-refractivity contribution is -0.228. The Balaban J connectivity index is 1.28. The SMILES string of the molecule is CCc1ccc(Cc2cc([C@@H]3[C@@H](O)[C@H](COCc4ccccc4)[C@@H](OCc4ccccc4)[C@H](OCc4ccccc4)[C@H]3OCc3ccccc3)ccc2Cl)cc1. The molecule has 0 aromatic heterocycles. The summed E-state index contributed by atoms with van der Waals surface area (Å²) in [7, 11) is 0. The average molecular weight is 767 g/mol. The maximum Gasteiger partial charge on any atom is 0.111 e. The van der Waals surface area contributed by atoms with Gasteiger partial charge in [0.25, 0.3) is 0 Å². The summed E-state index contributed by atoms with van der Waals surface area (Å²) in [6.07, 6.45) is -0.970. The second-order valence-electron chi connectivity index (χ2n) is 14.7. The van der Waals surface area contributed by atoms with Crippen LogP contribution < -0.4 is 0 Å². The van der Waals surface area contributed by atoms with Crippen LogP contribution in [-0.4, -0.2) is 36.1 Å². The van der Waals surface area contributed by atoms with Crippen LogP contribution in [0.15, 0.2) is 164 Å². The summed E-state index contributed by atoms with van der Waals surface area (Å²) in [5.74, 6) is -0.939. The number of halogens is 1. The molecule has 1 N–H and O–H groups in total. The first-order valence-corrected chi connectivity index (χ1v) is 20.1. The third-order valence-electron chi connectivity index (χ3n) is 10.8. The van der Waals surface area contributed by atoms with Crippen LogP contribution in [0.4, 0.5) is 0 Å².